The van der Waals surface area contributed by atoms with E-state index in [1.807, 2.05) is 4.90 Å². The molecule has 2 rings (SSSR count). The number of halogens is 1. The standard InChI is InChI=1S/C15H20ClN3O2/c1-11-3-6-19(7-4-11)14(21)2-5-17-15-13(16)8-12(10-20)9-18-15/h8-11H,2-7H2,1H3,(H,17,18). The number of carbonyl (C=O) groups excluding carboxylic acids is 2. The fraction of sp³-hybridized carbons (Fsp3) is 0.533. The fourth-order valence-corrected chi connectivity index (χ4v) is 2.59. The van der Waals surface area contributed by atoms with E-state index in [0.29, 0.717) is 41.6 Å². The number of nitrogens with zero attached hydrogens (tertiary/aromatic N) is 2. The molecule has 0 radical (unpaired) electrons. The Kier molecular flexibility index (Phi) is 5.56. The summed E-state index contributed by atoms with van der Waals surface area (Å²) in [6.07, 6.45) is 4.74. The highest BCUT2D eigenvalue weighted by molar-refractivity contribution is 6.33. The van der Waals surface area contributed by atoms with E-state index in [9.17, 15) is 9.59 Å². The van der Waals surface area contributed by atoms with E-state index >= 15 is 0 Å². The summed E-state index contributed by atoms with van der Waals surface area (Å²) in [6.45, 7) is 4.41. The van der Waals surface area contributed by atoms with Gasteiger partial charge in [0.25, 0.3) is 0 Å². The molecule has 1 saturated heterocycles. The lowest BCUT2D eigenvalue weighted by Gasteiger charge is -2.30. The first-order chi connectivity index (χ1) is 10.1. The Morgan fingerprint density at radius 2 is 2.24 bits per heavy atom. The number of pyridine rings is 1. The Hall–Kier alpha value is -1.62. The molecule has 0 saturated carbocycles. The molecule has 1 aromatic rings. The van der Waals surface area contributed by atoms with Gasteiger partial charge in [-0.25, -0.2) is 4.98 Å². The molecule has 1 N–H and O–H groups in total. The SMILES string of the molecule is CC1CCN(C(=O)CCNc2ncc(C=O)cc2Cl)CC1. The Labute approximate surface area is 129 Å². The molecule has 1 aliphatic rings. The Bertz CT molecular complexity index is 514. The van der Waals surface area contributed by atoms with Crippen molar-refractivity contribution in [1.82, 2.24) is 9.88 Å². The minimum atomic E-state index is 0.162. The van der Waals surface area contributed by atoms with Crippen LogP contribution in [0.3, 0.4) is 0 Å². The Balaban J connectivity index is 1.78. The van der Waals surface area contributed by atoms with E-state index in [4.69, 9.17) is 11.6 Å². The molecule has 0 bridgehead atoms. The highest BCUT2D eigenvalue weighted by Gasteiger charge is 2.19. The number of carbonyl (C=O) groups is 2. The number of rotatable bonds is 5. The summed E-state index contributed by atoms with van der Waals surface area (Å²) in [5, 5.41) is 3.42. The van der Waals surface area contributed by atoms with Crippen LogP contribution in [0.2, 0.25) is 5.02 Å². The van der Waals surface area contributed by atoms with Crippen molar-refractivity contribution in [3.8, 4) is 0 Å². The molecule has 1 amide bonds. The number of nitrogens with one attached hydrogen (secondary N) is 1. The average Bonchev–Trinajstić information content (AvgIpc) is 2.49. The summed E-state index contributed by atoms with van der Waals surface area (Å²) >= 11 is 6.01. The number of likely N-dealkylation sites (tertiary alicyclic amines) is 1. The molecular formula is C15H20ClN3O2. The van der Waals surface area contributed by atoms with Crippen LogP contribution in [-0.4, -0.2) is 41.7 Å². The van der Waals surface area contributed by atoms with Crippen LogP contribution in [0.15, 0.2) is 12.3 Å². The molecule has 0 aliphatic carbocycles. The van der Waals surface area contributed by atoms with Crippen molar-refractivity contribution in [2.45, 2.75) is 26.2 Å². The lowest BCUT2D eigenvalue weighted by Crippen LogP contribution is -2.38. The molecule has 0 spiro atoms. The quantitative estimate of drug-likeness (QED) is 0.849. The molecule has 0 aromatic carbocycles. The normalized spacial score (nSPS) is 15.8. The maximum atomic E-state index is 12.1. The van der Waals surface area contributed by atoms with Gasteiger partial charge < -0.3 is 10.2 Å². The van der Waals surface area contributed by atoms with Gasteiger partial charge in [-0.05, 0) is 24.8 Å². The van der Waals surface area contributed by atoms with Crippen molar-refractivity contribution in [1.29, 1.82) is 0 Å². The van der Waals surface area contributed by atoms with E-state index in [1.54, 1.807) is 6.07 Å². The molecule has 114 valence electrons. The highest BCUT2D eigenvalue weighted by atomic mass is 35.5. The number of anilines is 1. The first kappa shape index (κ1) is 15.8. The molecule has 0 unspecified atom stereocenters. The molecule has 1 aromatic heterocycles. The monoisotopic (exact) mass is 309 g/mol. The summed E-state index contributed by atoms with van der Waals surface area (Å²) in [4.78, 5) is 28.7. The largest absolute Gasteiger partial charge is 0.368 e. The second-order valence-corrected chi connectivity index (χ2v) is 5.86. The third kappa shape index (κ3) is 4.43. The molecular weight excluding hydrogens is 290 g/mol. The van der Waals surface area contributed by atoms with Crippen molar-refractivity contribution in [3.63, 3.8) is 0 Å². The van der Waals surface area contributed by atoms with E-state index < -0.39 is 0 Å². The van der Waals surface area contributed by atoms with E-state index in [-0.39, 0.29) is 5.91 Å². The van der Waals surface area contributed by atoms with Gasteiger partial charge in [0.05, 0.1) is 5.02 Å². The van der Waals surface area contributed by atoms with Gasteiger partial charge in [0.15, 0.2) is 6.29 Å². The number of aromatic nitrogens is 1. The Morgan fingerprint density at radius 1 is 1.52 bits per heavy atom. The minimum Gasteiger partial charge on any atom is -0.368 e. The maximum Gasteiger partial charge on any atom is 0.224 e. The van der Waals surface area contributed by atoms with Crippen molar-refractivity contribution >= 4 is 29.6 Å². The predicted octanol–water partition coefficient (Wildman–Crippen LogP) is 2.61. The smallest absolute Gasteiger partial charge is 0.224 e. The molecule has 1 fully saturated rings. The van der Waals surface area contributed by atoms with Crippen LogP contribution < -0.4 is 5.32 Å². The number of aldehydes is 1. The topological polar surface area (TPSA) is 62.3 Å². The molecule has 21 heavy (non-hydrogen) atoms. The molecule has 6 heteroatoms. The highest BCUT2D eigenvalue weighted by Crippen LogP contribution is 2.20. The maximum absolute atomic E-state index is 12.1. The lowest BCUT2D eigenvalue weighted by molar-refractivity contribution is -0.132. The zero-order chi connectivity index (χ0) is 15.2. The lowest BCUT2D eigenvalue weighted by atomic mass is 9.99. The molecule has 5 nitrogen and oxygen atoms in total. The third-order valence-corrected chi connectivity index (χ3v) is 4.05. The molecule has 0 atom stereocenters. The number of hydrogen-bond donors (Lipinski definition) is 1. The van der Waals surface area contributed by atoms with Gasteiger partial charge in [0.1, 0.15) is 5.82 Å². The zero-order valence-corrected chi connectivity index (χ0v) is 12.9. The summed E-state index contributed by atoms with van der Waals surface area (Å²) < 4.78 is 0. The van der Waals surface area contributed by atoms with Gasteiger partial charge >= 0.3 is 0 Å². The molecule has 2 heterocycles. The van der Waals surface area contributed by atoms with Gasteiger partial charge in [-0.2, -0.15) is 0 Å². The van der Waals surface area contributed by atoms with E-state index in [1.165, 1.54) is 6.20 Å². The first-order valence-corrected chi connectivity index (χ1v) is 7.60. The molecule has 1 aliphatic heterocycles. The summed E-state index contributed by atoms with van der Waals surface area (Å²) in [7, 11) is 0. The third-order valence-electron chi connectivity index (χ3n) is 3.77. The summed E-state index contributed by atoms with van der Waals surface area (Å²) in [6, 6.07) is 1.55. The average molecular weight is 310 g/mol. The zero-order valence-electron chi connectivity index (χ0n) is 12.1. The number of amides is 1. The van der Waals surface area contributed by atoms with Gasteiger partial charge in [0, 0.05) is 37.8 Å². The van der Waals surface area contributed by atoms with Crippen LogP contribution in [0, 0.1) is 5.92 Å². The van der Waals surface area contributed by atoms with Crippen molar-refractivity contribution in [3.05, 3.63) is 22.8 Å². The minimum absolute atomic E-state index is 0.162. The van der Waals surface area contributed by atoms with Gasteiger partial charge in [-0.1, -0.05) is 18.5 Å². The number of hydrogen-bond acceptors (Lipinski definition) is 4. The Morgan fingerprint density at radius 3 is 2.86 bits per heavy atom. The van der Waals surface area contributed by atoms with Crippen molar-refractivity contribution < 1.29 is 9.59 Å². The van der Waals surface area contributed by atoms with Crippen LogP contribution in [0.25, 0.3) is 0 Å². The first-order valence-electron chi connectivity index (χ1n) is 7.22. The van der Waals surface area contributed by atoms with Crippen LogP contribution in [-0.2, 0) is 4.79 Å². The predicted molar refractivity (Wildman–Crippen MR) is 82.7 cm³/mol. The summed E-state index contributed by atoms with van der Waals surface area (Å²) in [5.41, 5.74) is 0.434. The number of piperidine rings is 1. The summed E-state index contributed by atoms with van der Waals surface area (Å²) in [5.74, 6) is 1.38. The van der Waals surface area contributed by atoms with Crippen LogP contribution in [0.4, 0.5) is 5.82 Å². The van der Waals surface area contributed by atoms with E-state index in [0.717, 1.165) is 25.9 Å². The van der Waals surface area contributed by atoms with Gasteiger partial charge in [0.2, 0.25) is 5.91 Å². The van der Waals surface area contributed by atoms with Crippen LogP contribution in [0.1, 0.15) is 36.5 Å². The fourth-order valence-electron chi connectivity index (χ4n) is 2.35. The van der Waals surface area contributed by atoms with Crippen LogP contribution >= 0.6 is 11.6 Å². The van der Waals surface area contributed by atoms with Gasteiger partial charge in [-0.3, -0.25) is 9.59 Å². The van der Waals surface area contributed by atoms with Gasteiger partial charge in [-0.15, -0.1) is 0 Å². The van der Waals surface area contributed by atoms with Crippen LogP contribution in [0.5, 0.6) is 0 Å². The second-order valence-electron chi connectivity index (χ2n) is 5.46. The van der Waals surface area contributed by atoms with Crippen molar-refractivity contribution in [2.75, 3.05) is 25.0 Å². The van der Waals surface area contributed by atoms with E-state index in [2.05, 4.69) is 17.2 Å². The van der Waals surface area contributed by atoms with Crippen molar-refractivity contribution in [2.24, 2.45) is 5.92 Å². The second kappa shape index (κ2) is 7.41.